The molecule has 1 saturated heterocycles. The largest absolute Gasteiger partial charge is 0.462 e. The van der Waals surface area contributed by atoms with Gasteiger partial charge in [-0.25, -0.2) is 4.79 Å². The maximum Gasteiger partial charge on any atom is 0.405 e. The van der Waals surface area contributed by atoms with E-state index in [1.165, 1.54) is 0 Å². The first-order chi connectivity index (χ1) is 19.7. The number of rotatable bonds is 9. The highest BCUT2D eigenvalue weighted by atomic mass is 19.4. The number of carbonyl (C=O) groups excluding carboxylic acids is 2. The number of fused-ring (bicyclic) bond motifs is 3. The van der Waals surface area contributed by atoms with Crippen molar-refractivity contribution in [2.45, 2.75) is 31.4 Å². The van der Waals surface area contributed by atoms with Crippen LogP contribution in [0.2, 0.25) is 0 Å². The third-order valence-electron chi connectivity index (χ3n) is 8.02. The number of nitrogens with zero attached hydrogens (tertiary/aromatic N) is 2. The van der Waals surface area contributed by atoms with Crippen molar-refractivity contribution < 1.29 is 27.5 Å². The predicted octanol–water partition coefficient (Wildman–Crippen LogP) is 5.41. The summed E-state index contributed by atoms with van der Waals surface area (Å²) in [6.45, 7) is 4.59. The molecule has 0 unspecified atom stereocenters. The summed E-state index contributed by atoms with van der Waals surface area (Å²) in [5, 5.41) is 2.20. The molecule has 6 nitrogen and oxygen atoms in total. The minimum atomic E-state index is -4.50. The number of hydrogen-bond acceptors (Lipinski definition) is 5. The van der Waals surface area contributed by atoms with Crippen LogP contribution in [-0.2, 0) is 14.9 Å². The highest BCUT2D eigenvalue weighted by Gasteiger charge is 2.49. The van der Waals surface area contributed by atoms with Crippen molar-refractivity contribution in [2.75, 3.05) is 50.8 Å². The molecule has 0 saturated carbocycles. The van der Waals surface area contributed by atoms with Gasteiger partial charge in [-0.1, -0.05) is 54.6 Å². The molecule has 0 bridgehead atoms. The fourth-order valence-electron chi connectivity index (χ4n) is 6.13. The Labute approximate surface area is 238 Å². The molecule has 1 N–H and O–H groups in total. The fraction of sp³-hybridized carbons (Fsp3) is 0.375. The lowest BCUT2D eigenvalue weighted by Gasteiger charge is -2.37. The third kappa shape index (κ3) is 5.95. The smallest absolute Gasteiger partial charge is 0.405 e. The zero-order valence-electron chi connectivity index (χ0n) is 23.0. The van der Waals surface area contributed by atoms with Gasteiger partial charge in [0.15, 0.2) is 0 Å². The second-order valence-electron chi connectivity index (χ2n) is 10.5. The van der Waals surface area contributed by atoms with Crippen molar-refractivity contribution in [1.29, 1.82) is 0 Å². The summed E-state index contributed by atoms with van der Waals surface area (Å²) in [6.07, 6.45) is -3.46. The second-order valence-corrected chi connectivity index (χ2v) is 10.5. The van der Waals surface area contributed by atoms with Gasteiger partial charge in [-0.2, -0.15) is 13.2 Å². The molecule has 9 heteroatoms. The average Bonchev–Trinajstić information content (AvgIpc) is 3.27. The number of anilines is 1. The Kier molecular flexibility index (Phi) is 8.35. The van der Waals surface area contributed by atoms with Crippen molar-refractivity contribution in [3.8, 4) is 11.1 Å². The van der Waals surface area contributed by atoms with Crippen LogP contribution in [0.1, 0.15) is 41.3 Å². The van der Waals surface area contributed by atoms with E-state index < -0.39 is 24.0 Å². The number of esters is 1. The van der Waals surface area contributed by atoms with Crippen LogP contribution in [0.25, 0.3) is 11.1 Å². The van der Waals surface area contributed by atoms with Crippen LogP contribution in [0.3, 0.4) is 0 Å². The lowest BCUT2D eigenvalue weighted by molar-refractivity contribution is -0.141. The van der Waals surface area contributed by atoms with E-state index in [4.69, 9.17) is 4.74 Å². The van der Waals surface area contributed by atoms with E-state index in [0.717, 1.165) is 60.7 Å². The van der Waals surface area contributed by atoms with Crippen LogP contribution < -0.4 is 10.2 Å². The molecule has 0 aromatic heterocycles. The SMILES string of the molecule is CCOC(=O)c1cccc(N2CCN(CCCC3(C(=O)NCC(F)(F)F)c4ccccc4-c4ccccc43)CC2)c1. The van der Waals surface area contributed by atoms with Crippen LogP contribution >= 0.6 is 0 Å². The molecule has 3 aromatic carbocycles. The number of amides is 1. The molecule has 3 aromatic rings. The first-order valence-corrected chi connectivity index (χ1v) is 14.0. The Bertz CT molecular complexity index is 1350. The first kappa shape index (κ1) is 28.7. The molecule has 1 aliphatic carbocycles. The van der Waals surface area contributed by atoms with Crippen molar-refractivity contribution in [3.05, 3.63) is 89.5 Å². The fourth-order valence-corrected chi connectivity index (χ4v) is 6.13. The maximum absolute atomic E-state index is 13.7. The number of benzene rings is 3. The maximum atomic E-state index is 13.7. The van der Waals surface area contributed by atoms with E-state index in [1.54, 1.807) is 13.0 Å². The van der Waals surface area contributed by atoms with E-state index in [9.17, 15) is 22.8 Å². The Hall–Kier alpha value is -3.85. The standard InChI is InChI=1S/C32H34F3N3O3/c1-2-41-29(39)23-9-7-10-24(21-23)38-19-17-37(18-20-38)16-8-15-31(30(40)36-22-32(33,34)35)27-13-5-3-11-25(27)26-12-4-6-14-28(26)31/h3-7,9-14,21H,2,8,15-20,22H2,1H3,(H,36,40). The molecule has 1 aliphatic heterocycles. The number of piperazine rings is 1. The quantitative estimate of drug-likeness (QED) is 0.352. The molecule has 216 valence electrons. The van der Waals surface area contributed by atoms with Gasteiger partial charge in [0.2, 0.25) is 5.91 Å². The number of carbonyl (C=O) groups is 2. The zero-order valence-corrected chi connectivity index (χ0v) is 23.0. The summed E-state index contributed by atoms with van der Waals surface area (Å²) < 4.78 is 44.5. The molecule has 2 aliphatic rings. The van der Waals surface area contributed by atoms with Gasteiger partial charge in [0.25, 0.3) is 0 Å². The Morgan fingerprint density at radius 3 is 2.15 bits per heavy atom. The third-order valence-corrected chi connectivity index (χ3v) is 8.02. The molecule has 0 spiro atoms. The number of nitrogens with one attached hydrogen (secondary N) is 1. The van der Waals surface area contributed by atoms with Crippen LogP contribution in [0.4, 0.5) is 18.9 Å². The first-order valence-electron chi connectivity index (χ1n) is 14.0. The summed E-state index contributed by atoms with van der Waals surface area (Å²) in [5.74, 6) is -0.949. The van der Waals surface area contributed by atoms with E-state index in [2.05, 4.69) is 15.1 Å². The zero-order chi connectivity index (χ0) is 29.0. The van der Waals surface area contributed by atoms with Crippen molar-refractivity contribution in [1.82, 2.24) is 10.2 Å². The summed E-state index contributed by atoms with van der Waals surface area (Å²) in [4.78, 5) is 30.4. The van der Waals surface area contributed by atoms with Gasteiger partial charge < -0.3 is 15.0 Å². The minimum Gasteiger partial charge on any atom is -0.462 e. The Balaban J connectivity index is 1.28. The van der Waals surface area contributed by atoms with E-state index in [1.807, 2.05) is 66.7 Å². The lowest BCUT2D eigenvalue weighted by Crippen LogP contribution is -2.48. The molecule has 5 rings (SSSR count). The van der Waals surface area contributed by atoms with Crippen molar-refractivity contribution in [2.24, 2.45) is 0 Å². The highest BCUT2D eigenvalue weighted by molar-refractivity contribution is 6.00. The van der Waals surface area contributed by atoms with Crippen LogP contribution in [-0.4, -0.2) is 68.8 Å². The molecule has 1 amide bonds. The minimum absolute atomic E-state index is 0.324. The Morgan fingerprint density at radius 1 is 0.902 bits per heavy atom. The normalized spacial score (nSPS) is 16.1. The number of alkyl halides is 3. The summed E-state index contributed by atoms with van der Waals surface area (Å²) >= 11 is 0. The van der Waals surface area contributed by atoms with Crippen LogP contribution in [0, 0.1) is 0 Å². The van der Waals surface area contributed by atoms with Crippen molar-refractivity contribution in [3.63, 3.8) is 0 Å². The van der Waals surface area contributed by atoms with Gasteiger partial charge in [-0.05, 0) is 66.8 Å². The van der Waals surface area contributed by atoms with Gasteiger partial charge in [-0.15, -0.1) is 0 Å². The Morgan fingerprint density at radius 2 is 1.54 bits per heavy atom. The second kappa shape index (κ2) is 11.9. The molecule has 1 fully saturated rings. The molecule has 0 radical (unpaired) electrons. The van der Waals surface area contributed by atoms with Gasteiger partial charge in [0.05, 0.1) is 12.2 Å². The van der Waals surface area contributed by atoms with E-state index in [0.29, 0.717) is 25.0 Å². The molecule has 0 atom stereocenters. The summed E-state index contributed by atoms with van der Waals surface area (Å²) in [6, 6.07) is 22.5. The lowest BCUT2D eigenvalue weighted by atomic mass is 9.73. The molecular weight excluding hydrogens is 531 g/mol. The van der Waals surface area contributed by atoms with E-state index >= 15 is 0 Å². The van der Waals surface area contributed by atoms with Gasteiger partial charge in [0, 0.05) is 31.9 Å². The summed E-state index contributed by atoms with van der Waals surface area (Å²) in [5.41, 5.74) is 3.60. The predicted molar refractivity (Wildman–Crippen MR) is 152 cm³/mol. The van der Waals surface area contributed by atoms with Crippen molar-refractivity contribution >= 4 is 17.6 Å². The topological polar surface area (TPSA) is 61.9 Å². The number of ether oxygens (including phenoxy) is 1. The number of hydrogen-bond donors (Lipinski definition) is 1. The monoisotopic (exact) mass is 565 g/mol. The van der Waals surface area contributed by atoms with E-state index in [-0.39, 0.29) is 5.97 Å². The summed E-state index contributed by atoms with van der Waals surface area (Å²) in [7, 11) is 0. The van der Waals surface area contributed by atoms with Crippen LogP contribution in [0.15, 0.2) is 72.8 Å². The van der Waals surface area contributed by atoms with Gasteiger partial charge in [0.1, 0.15) is 12.0 Å². The van der Waals surface area contributed by atoms with Gasteiger partial charge in [-0.3, -0.25) is 9.69 Å². The highest BCUT2D eigenvalue weighted by Crippen LogP contribution is 2.51. The number of halogens is 3. The van der Waals surface area contributed by atoms with Crippen LogP contribution in [0.5, 0.6) is 0 Å². The molecular formula is C32H34F3N3O3. The molecule has 41 heavy (non-hydrogen) atoms. The average molecular weight is 566 g/mol. The van der Waals surface area contributed by atoms with Gasteiger partial charge >= 0.3 is 12.1 Å². The molecule has 1 heterocycles.